The van der Waals surface area contributed by atoms with Gasteiger partial charge in [-0.05, 0) is 24.3 Å². The molecule has 1 aromatic heterocycles. The number of benzene rings is 1. The SMILES string of the molecule is O=C(O)c1ccc([N+](=O)[O-])c(Sc2ccc(F)c(F)c2)n1. The Hall–Kier alpha value is -2.55. The Kier molecular flexibility index (Phi) is 4.13. The molecule has 1 heterocycles. The fourth-order valence-electron chi connectivity index (χ4n) is 1.42. The summed E-state index contributed by atoms with van der Waals surface area (Å²) in [6.07, 6.45) is 0. The number of hydrogen-bond acceptors (Lipinski definition) is 5. The summed E-state index contributed by atoms with van der Waals surface area (Å²) in [7, 11) is 0. The van der Waals surface area contributed by atoms with Gasteiger partial charge >= 0.3 is 11.7 Å². The molecule has 108 valence electrons. The van der Waals surface area contributed by atoms with E-state index >= 15 is 0 Å². The maximum Gasteiger partial charge on any atom is 0.354 e. The second-order valence-corrected chi connectivity index (χ2v) is 4.82. The van der Waals surface area contributed by atoms with Gasteiger partial charge in [0.15, 0.2) is 16.7 Å². The first-order valence-electron chi connectivity index (χ1n) is 5.40. The summed E-state index contributed by atoms with van der Waals surface area (Å²) < 4.78 is 25.9. The van der Waals surface area contributed by atoms with Crippen LogP contribution in [-0.2, 0) is 0 Å². The number of carbonyl (C=O) groups is 1. The Balaban J connectivity index is 2.45. The topological polar surface area (TPSA) is 93.3 Å². The number of halogens is 2. The van der Waals surface area contributed by atoms with Crippen LogP contribution >= 0.6 is 11.8 Å². The van der Waals surface area contributed by atoms with Gasteiger partial charge in [0, 0.05) is 11.0 Å². The lowest BCUT2D eigenvalue weighted by Crippen LogP contribution is -2.03. The quantitative estimate of drug-likeness (QED) is 0.688. The molecular weight excluding hydrogens is 306 g/mol. The third kappa shape index (κ3) is 3.31. The normalized spacial score (nSPS) is 10.4. The molecule has 0 spiro atoms. The van der Waals surface area contributed by atoms with Gasteiger partial charge in [0.05, 0.1) is 4.92 Å². The highest BCUT2D eigenvalue weighted by Gasteiger charge is 2.20. The van der Waals surface area contributed by atoms with Crippen molar-refractivity contribution in [2.45, 2.75) is 9.92 Å². The lowest BCUT2D eigenvalue weighted by Gasteiger charge is -2.04. The van der Waals surface area contributed by atoms with Crippen molar-refractivity contribution in [2.75, 3.05) is 0 Å². The number of rotatable bonds is 4. The van der Waals surface area contributed by atoms with Crippen LogP contribution in [0.3, 0.4) is 0 Å². The lowest BCUT2D eigenvalue weighted by atomic mass is 10.3. The standard InChI is InChI=1S/C12H6F2N2O4S/c13-7-2-1-6(5-8(7)14)21-11-10(16(19)20)4-3-9(15-11)12(17)18/h1-5H,(H,17,18). The fourth-order valence-corrected chi connectivity index (χ4v) is 2.33. The molecule has 1 aromatic carbocycles. The van der Waals surface area contributed by atoms with Crippen molar-refractivity contribution in [3.8, 4) is 0 Å². The number of pyridine rings is 1. The zero-order valence-electron chi connectivity index (χ0n) is 10.1. The molecule has 0 amide bonds. The minimum atomic E-state index is -1.35. The summed E-state index contributed by atoms with van der Waals surface area (Å²) in [6.45, 7) is 0. The molecule has 0 fully saturated rings. The second kappa shape index (κ2) is 5.83. The molecule has 2 rings (SSSR count). The number of hydrogen-bond donors (Lipinski definition) is 1. The van der Waals surface area contributed by atoms with Crippen LogP contribution in [0.15, 0.2) is 40.3 Å². The molecular formula is C12H6F2N2O4S. The Morgan fingerprint density at radius 3 is 2.52 bits per heavy atom. The van der Waals surface area contributed by atoms with Crippen LogP contribution in [-0.4, -0.2) is 21.0 Å². The van der Waals surface area contributed by atoms with Crippen molar-refractivity contribution in [1.29, 1.82) is 0 Å². The molecule has 0 saturated carbocycles. The van der Waals surface area contributed by atoms with Crippen molar-refractivity contribution < 1.29 is 23.6 Å². The van der Waals surface area contributed by atoms with Crippen molar-refractivity contribution in [1.82, 2.24) is 4.98 Å². The first-order valence-corrected chi connectivity index (χ1v) is 6.22. The van der Waals surface area contributed by atoms with Crippen LogP contribution in [0.1, 0.15) is 10.5 Å². The molecule has 0 unspecified atom stereocenters. The molecule has 2 aromatic rings. The Labute approximate surface area is 120 Å². The van der Waals surface area contributed by atoms with Crippen LogP contribution in [0.25, 0.3) is 0 Å². The van der Waals surface area contributed by atoms with E-state index in [4.69, 9.17) is 5.11 Å². The van der Waals surface area contributed by atoms with E-state index in [1.165, 1.54) is 6.07 Å². The highest BCUT2D eigenvalue weighted by Crippen LogP contribution is 2.33. The molecule has 0 radical (unpaired) electrons. The average Bonchev–Trinajstić information content (AvgIpc) is 2.42. The summed E-state index contributed by atoms with van der Waals surface area (Å²) in [5.74, 6) is -3.52. The fraction of sp³-hybridized carbons (Fsp3) is 0. The van der Waals surface area contributed by atoms with Gasteiger partial charge in [-0.2, -0.15) is 0 Å². The number of carboxylic acids is 1. The first kappa shape index (κ1) is 14.9. The molecule has 9 heteroatoms. The maximum absolute atomic E-state index is 13.1. The highest BCUT2D eigenvalue weighted by molar-refractivity contribution is 7.99. The van der Waals surface area contributed by atoms with Gasteiger partial charge in [-0.3, -0.25) is 10.1 Å². The molecule has 0 bridgehead atoms. The van der Waals surface area contributed by atoms with E-state index in [0.717, 1.165) is 24.3 Å². The Morgan fingerprint density at radius 2 is 1.95 bits per heavy atom. The second-order valence-electron chi connectivity index (χ2n) is 3.76. The first-order chi connectivity index (χ1) is 9.88. The number of carboxylic acid groups (broad SMARTS) is 1. The van der Waals surface area contributed by atoms with Gasteiger partial charge in [-0.25, -0.2) is 18.6 Å². The predicted octanol–water partition coefficient (Wildman–Crippen LogP) is 3.12. The molecule has 21 heavy (non-hydrogen) atoms. The van der Waals surface area contributed by atoms with Gasteiger partial charge < -0.3 is 5.11 Å². The minimum absolute atomic E-state index is 0.159. The number of aromatic carboxylic acids is 1. The summed E-state index contributed by atoms with van der Waals surface area (Å²) in [5, 5.41) is 19.5. The summed E-state index contributed by atoms with van der Waals surface area (Å²) >= 11 is 0.674. The van der Waals surface area contributed by atoms with Crippen LogP contribution in [0.2, 0.25) is 0 Å². The summed E-state index contributed by atoms with van der Waals surface area (Å²) in [5.41, 5.74) is -0.805. The third-order valence-corrected chi connectivity index (χ3v) is 3.35. The zero-order valence-corrected chi connectivity index (χ0v) is 10.9. The average molecular weight is 312 g/mol. The minimum Gasteiger partial charge on any atom is -0.477 e. The van der Waals surface area contributed by atoms with E-state index in [2.05, 4.69) is 4.98 Å². The van der Waals surface area contributed by atoms with E-state index < -0.39 is 28.2 Å². The predicted molar refractivity (Wildman–Crippen MR) is 68.3 cm³/mol. The van der Waals surface area contributed by atoms with Crippen molar-refractivity contribution in [2.24, 2.45) is 0 Å². The van der Waals surface area contributed by atoms with Crippen molar-refractivity contribution in [3.63, 3.8) is 0 Å². The van der Waals surface area contributed by atoms with Crippen LogP contribution < -0.4 is 0 Å². The van der Waals surface area contributed by atoms with Crippen LogP contribution in [0.5, 0.6) is 0 Å². The van der Waals surface area contributed by atoms with Crippen molar-refractivity contribution >= 4 is 23.4 Å². The summed E-state index contributed by atoms with van der Waals surface area (Å²) in [4.78, 5) is 24.8. The largest absolute Gasteiger partial charge is 0.477 e. The van der Waals surface area contributed by atoms with Crippen LogP contribution in [0.4, 0.5) is 14.5 Å². The van der Waals surface area contributed by atoms with Crippen LogP contribution in [0, 0.1) is 21.7 Å². The molecule has 0 aliphatic heterocycles. The third-order valence-electron chi connectivity index (χ3n) is 2.36. The van der Waals surface area contributed by atoms with E-state index in [-0.39, 0.29) is 15.6 Å². The smallest absolute Gasteiger partial charge is 0.354 e. The van der Waals surface area contributed by atoms with E-state index in [1.54, 1.807) is 0 Å². The maximum atomic E-state index is 13.1. The molecule has 0 aliphatic rings. The van der Waals surface area contributed by atoms with Gasteiger partial charge in [0.2, 0.25) is 0 Å². The Morgan fingerprint density at radius 1 is 1.24 bits per heavy atom. The van der Waals surface area contributed by atoms with Gasteiger partial charge in [-0.1, -0.05) is 11.8 Å². The molecule has 0 aliphatic carbocycles. The molecule has 1 N–H and O–H groups in total. The molecule has 6 nitrogen and oxygen atoms in total. The molecule has 0 saturated heterocycles. The number of aromatic nitrogens is 1. The number of nitrogens with zero attached hydrogens (tertiary/aromatic N) is 2. The van der Waals surface area contributed by atoms with Gasteiger partial charge in [-0.15, -0.1) is 0 Å². The zero-order chi connectivity index (χ0) is 15.6. The lowest BCUT2D eigenvalue weighted by molar-refractivity contribution is -0.388. The monoisotopic (exact) mass is 312 g/mol. The van der Waals surface area contributed by atoms with Gasteiger partial charge in [0.25, 0.3) is 0 Å². The van der Waals surface area contributed by atoms with E-state index in [1.807, 2.05) is 0 Å². The van der Waals surface area contributed by atoms with Gasteiger partial charge in [0.1, 0.15) is 5.69 Å². The van der Waals surface area contributed by atoms with Crippen molar-refractivity contribution in [3.05, 3.63) is 57.8 Å². The molecule has 0 atom stereocenters. The highest BCUT2D eigenvalue weighted by atomic mass is 32.2. The van der Waals surface area contributed by atoms with E-state index in [9.17, 15) is 23.7 Å². The summed E-state index contributed by atoms with van der Waals surface area (Å²) in [6, 6.07) is 4.92. The Bertz CT molecular complexity index is 739. The van der Waals surface area contributed by atoms with E-state index in [0.29, 0.717) is 11.8 Å². The number of nitro groups is 1.